The number of methoxy groups -OCH3 is 1. The number of rotatable bonds is 6. The molecule has 2 aromatic carbocycles. The fourth-order valence-electron chi connectivity index (χ4n) is 2.28. The predicted molar refractivity (Wildman–Crippen MR) is 85.9 cm³/mol. The second-order valence-electron chi connectivity index (χ2n) is 5.07. The Bertz CT molecular complexity index is 703. The summed E-state index contributed by atoms with van der Waals surface area (Å²) in [6, 6.07) is 13.0. The third-order valence-electron chi connectivity index (χ3n) is 3.41. The van der Waals surface area contributed by atoms with Crippen molar-refractivity contribution in [1.29, 1.82) is 0 Å². The van der Waals surface area contributed by atoms with Crippen LogP contribution in [0.25, 0.3) is 0 Å². The van der Waals surface area contributed by atoms with Crippen LogP contribution in [0.5, 0.6) is 17.2 Å². The molecule has 0 aliphatic carbocycles. The summed E-state index contributed by atoms with van der Waals surface area (Å²) in [6.07, 6.45) is 0. The molecule has 6 heteroatoms. The van der Waals surface area contributed by atoms with Gasteiger partial charge in [0.1, 0.15) is 5.75 Å². The average Bonchev–Trinajstić information content (AvgIpc) is 3.02. The summed E-state index contributed by atoms with van der Waals surface area (Å²) >= 11 is 0. The van der Waals surface area contributed by atoms with Crippen molar-refractivity contribution in [2.24, 2.45) is 0 Å². The van der Waals surface area contributed by atoms with Crippen LogP contribution in [0.4, 0.5) is 5.69 Å². The summed E-state index contributed by atoms with van der Waals surface area (Å²) in [5.74, 6) is 2.02. The Kier molecular flexibility index (Phi) is 4.63. The van der Waals surface area contributed by atoms with Crippen LogP contribution < -0.4 is 24.8 Å². The molecule has 0 bridgehead atoms. The van der Waals surface area contributed by atoms with Gasteiger partial charge >= 0.3 is 0 Å². The van der Waals surface area contributed by atoms with Crippen LogP contribution in [0.3, 0.4) is 0 Å². The maximum absolute atomic E-state index is 12.0. The molecule has 2 aromatic rings. The van der Waals surface area contributed by atoms with Gasteiger partial charge in [-0.15, -0.1) is 0 Å². The first-order chi connectivity index (χ1) is 11.2. The number of anilines is 1. The van der Waals surface area contributed by atoms with Crippen LogP contribution in [-0.2, 0) is 11.3 Å². The van der Waals surface area contributed by atoms with E-state index in [9.17, 15) is 4.79 Å². The molecular weight excluding hydrogens is 296 g/mol. The quantitative estimate of drug-likeness (QED) is 0.855. The molecule has 2 N–H and O–H groups in total. The van der Waals surface area contributed by atoms with Gasteiger partial charge in [0.05, 0.1) is 13.7 Å². The van der Waals surface area contributed by atoms with Crippen molar-refractivity contribution < 1.29 is 19.0 Å². The molecule has 3 rings (SSSR count). The van der Waals surface area contributed by atoms with E-state index in [4.69, 9.17) is 14.2 Å². The normalized spacial score (nSPS) is 12.0. The van der Waals surface area contributed by atoms with Gasteiger partial charge in [0.2, 0.25) is 12.7 Å². The van der Waals surface area contributed by atoms with Crippen LogP contribution in [0.2, 0.25) is 0 Å². The van der Waals surface area contributed by atoms with Crippen molar-refractivity contribution >= 4 is 11.6 Å². The van der Waals surface area contributed by atoms with E-state index in [1.165, 1.54) is 0 Å². The fourth-order valence-corrected chi connectivity index (χ4v) is 2.28. The molecule has 0 fully saturated rings. The minimum Gasteiger partial charge on any atom is -0.497 e. The van der Waals surface area contributed by atoms with Gasteiger partial charge in [0.25, 0.3) is 0 Å². The number of hydrogen-bond donors (Lipinski definition) is 2. The molecule has 0 saturated carbocycles. The van der Waals surface area contributed by atoms with Gasteiger partial charge in [-0.3, -0.25) is 4.79 Å². The van der Waals surface area contributed by atoms with Crippen molar-refractivity contribution in [3.8, 4) is 17.2 Å². The molecule has 23 heavy (non-hydrogen) atoms. The van der Waals surface area contributed by atoms with Crippen LogP contribution in [-0.4, -0.2) is 26.4 Å². The SMILES string of the molecule is COc1cccc(CNCC(=O)Nc2ccc3c(c2)OCO3)c1. The van der Waals surface area contributed by atoms with E-state index >= 15 is 0 Å². The minimum absolute atomic E-state index is 0.119. The molecule has 1 heterocycles. The van der Waals surface area contributed by atoms with Crippen molar-refractivity contribution in [3.63, 3.8) is 0 Å². The second-order valence-corrected chi connectivity index (χ2v) is 5.07. The summed E-state index contributed by atoms with van der Waals surface area (Å²) in [6.45, 7) is 1.02. The highest BCUT2D eigenvalue weighted by molar-refractivity contribution is 5.92. The summed E-state index contributed by atoms with van der Waals surface area (Å²) in [7, 11) is 1.63. The number of ether oxygens (including phenoxy) is 3. The molecule has 1 aliphatic heterocycles. The maximum Gasteiger partial charge on any atom is 0.238 e. The Balaban J connectivity index is 1.48. The number of amides is 1. The zero-order chi connectivity index (χ0) is 16.1. The number of hydrogen-bond acceptors (Lipinski definition) is 5. The van der Waals surface area contributed by atoms with E-state index < -0.39 is 0 Å². The lowest BCUT2D eigenvalue weighted by atomic mass is 10.2. The van der Waals surface area contributed by atoms with Gasteiger partial charge in [-0.2, -0.15) is 0 Å². The number of fused-ring (bicyclic) bond motifs is 1. The first kappa shape index (κ1) is 15.2. The molecule has 1 aliphatic rings. The van der Waals surface area contributed by atoms with E-state index in [0.29, 0.717) is 23.7 Å². The molecule has 0 aromatic heterocycles. The third-order valence-corrected chi connectivity index (χ3v) is 3.41. The van der Waals surface area contributed by atoms with Crippen molar-refractivity contribution in [2.45, 2.75) is 6.54 Å². The standard InChI is InChI=1S/C17H18N2O4/c1-21-14-4-2-3-12(7-14)9-18-10-17(20)19-13-5-6-15-16(8-13)23-11-22-15/h2-8,18H,9-11H2,1H3,(H,19,20). The van der Waals surface area contributed by atoms with Crippen molar-refractivity contribution in [2.75, 3.05) is 25.8 Å². The molecule has 0 radical (unpaired) electrons. The lowest BCUT2D eigenvalue weighted by Gasteiger charge is -2.08. The largest absolute Gasteiger partial charge is 0.497 e. The smallest absolute Gasteiger partial charge is 0.238 e. The summed E-state index contributed by atoms with van der Waals surface area (Å²) < 4.78 is 15.7. The van der Waals surface area contributed by atoms with E-state index in [1.807, 2.05) is 24.3 Å². The van der Waals surface area contributed by atoms with E-state index in [-0.39, 0.29) is 19.2 Å². The Labute approximate surface area is 134 Å². The molecule has 0 atom stereocenters. The van der Waals surface area contributed by atoms with Crippen LogP contribution in [0.15, 0.2) is 42.5 Å². The van der Waals surface area contributed by atoms with Gasteiger partial charge in [-0.1, -0.05) is 12.1 Å². The first-order valence-corrected chi connectivity index (χ1v) is 7.28. The van der Waals surface area contributed by atoms with Crippen molar-refractivity contribution in [1.82, 2.24) is 5.32 Å². The predicted octanol–water partition coefficient (Wildman–Crippen LogP) is 2.15. The van der Waals surface area contributed by atoms with Gasteiger partial charge in [0, 0.05) is 18.3 Å². The molecule has 0 saturated heterocycles. The van der Waals surface area contributed by atoms with Crippen LogP contribution >= 0.6 is 0 Å². The number of carbonyl (C=O) groups excluding carboxylic acids is 1. The summed E-state index contributed by atoms with van der Waals surface area (Å²) in [4.78, 5) is 12.0. The highest BCUT2D eigenvalue weighted by Crippen LogP contribution is 2.34. The monoisotopic (exact) mass is 314 g/mol. The molecule has 120 valence electrons. The minimum atomic E-state index is -0.119. The lowest BCUT2D eigenvalue weighted by molar-refractivity contribution is -0.115. The Morgan fingerprint density at radius 3 is 2.91 bits per heavy atom. The second kappa shape index (κ2) is 7.02. The summed E-state index contributed by atoms with van der Waals surface area (Å²) in [5.41, 5.74) is 1.74. The average molecular weight is 314 g/mol. The molecule has 6 nitrogen and oxygen atoms in total. The van der Waals surface area contributed by atoms with Gasteiger partial charge in [0.15, 0.2) is 11.5 Å². The number of benzene rings is 2. The van der Waals surface area contributed by atoms with Crippen LogP contribution in [0, 0.1) is 0 Å². The van der Waals surface area contributed by atoms with E-state index in [2.05, 4.69) is 10.6 Å². The van der Waals surface area contributed by atoms with Gasteiger partial charge < -0.3 is 24.8 Å². The lowest BCUT2D eigenvalue weighted by Crippen LogP contribution is -2.27. The Hall–Kier alpha value is -2.73. The van der Waals surface area contributed by atoms with Crippen molar-refractivity contribution in [3.05, 3.63) is 48.0 Å². The zero-order valence-electron chi connectivity index (χ0n) is 12.8. The summed E-state index contributed by atoms with van der Waals surface area (Å²) in [5, 5.41) is 5.92. The highest BCUT2D eigenvalue weighted by atomic mass is 16.7. The first-order valence-electron chi connectivity index (χ1n) is 7.28. The Morgan fingerprint density at radius 2 is 2.04 bits per heavy atom. The Morgan fingerprint density at radius 1 is 1.17 bits per heavy atom. The van der Waals surface area contributed by atoms with Crippen LogP contribution in [0.1, 0.15) is 5.56 Å². The zero-order valence-corrected chi connectivity index (χ0v) is 12.8. The highest BCUT2D eigenvalue weighted by Gasteiger charge is 2.13. The number of carbonyl (C=O) groups is 1. The fraction of sp³-hybridized carbons (Fsp3) is 0.235. The van der Waals surface area contributed by atoms with Gasteiger partial charge in [-0.25, -0.2) is 0 Å². The van der Waals surface area contributed by atoms with Gasteiger partial charge in [-0.05, 0) is 29.8 Å². The maximum atomic E-state index is 12.0. The molecule has 1 amide bonds. The number of nitrogens with one attached hydrogen (secondary N) is 2. The topological polar surface area (TPSA) is 68.8 Å². The molecule has 0 spiro atoms. The van der Waals surface area contributed by atoms with E-state index in [1.54, 1.807) is 25.3 Å². The molecule has 0 unspecified atom stereocenters. The third kappa shape index (κ3) is 3.92. The molecular formula is C17H18N2O4. The van der Waals surface area contributed by atoms with E-state index in [0.717, 1.165) is 11.3 Å².